The highest BCUT2D eigenvalue weighted by molar-refractivity contribution is 5.68. The average Bonchev–Trinajstić information content (AvgIpc) is 2.52. The number of rotatable bonds is 4. The predicted octanol–water partition coefficient (Wildman–Crippen LogP) is 2.68. The van der Waals surface area contributed by atoms with E-state index in [1.54, 1.807) is 4.90 Å². The zero-order valence-electron chi connectivity index (χ0n) is 14.4. The summed E-state index contributed by atoms with van der Waals surface area (Å²) in [7, 11) is 0. The van der Waals surface area contributed by atoms with Crippen molar-refractivity contribution in [3.05, 3.63) is 35.9 Å². The van der Waals surface area contributed by atoms with Crippen LogP contribution in [0.5, 0.6) is 0 Å². The van der Waals surface area contributed by atoms with Gasteiger partial charge in [0.2, 0.25) is 0 Å². The second-order valence-corrected chi connectivity index (χ2v) is 7.19. The molecule has 0 aliphatic carbocycles. The van der Waals surface area contributed by atoms with Crippen LogP contribution in [0.2, 0.25) is 0 Å². The maximum Gasteiger partial charge on any atom is 0.410 e. The number of benzene rings is 1. The summed E-state index contributed by atoms with van der Waals surface area (Å²) in [4.78, 5) is 14.0. The zero-order valence-corrected chi connectivity index (χ0v) is 14.4. The third kappa shape index (κ3) is 5.84. The molecule has 1 heterocycles. The molecule has 1 aliphatic rings. The van der Waals surface area contributed by atoms with Gasteiger partial charge in [0.15, 0.2) is 0 Å². The molecule has 0 bridgehead atoms. The molecule has 2 atom stereocenters. The lowest BCUT2D eigenvalue weighted by Gasteiger charge is -2.35. The fraction of sp³-hybridized carbons (Fsp3) is 0.611. The smallest absolute Gasteiger partial charge is 0.410 e. The van der Waals surface area contributed by atoms with E-state index in [2.05, 4.69) is 5.32 Å². The van der Waals surface area contributed by atoms with Gasteiger partial charge in [0.05, 0.1) is 0 Å². The Labute approximate surface area is 139 Å². The SMILES string of the molecule is CC(C)(C)OC(=O)N1CCC[C@H](NC[C@H](N)c2ccccc2)C1. The summed E-state index contributed by atoms with van der Waals surface area (Å²) in [6.45, 7) is 7.82. The van der Waals surface area contributed by atoms with E-state index in [4.69, 9.17) is 10.5 Å². The number of carbonyl (C=O) groups is 1. The quantitative estimate of drug-likeness (QED) is 0.895. The summed E-state index contributed by atoms with van der Waals surface area (Å²) in [6.07, 6.45) is 1.81. The lowest BCUT2D eigenvalue weighted by atomic mass is 10.0. The maximum absolute atomic E-state index is 12.2. The zero-order chi connectivity index (χ0) is 16.9. The van der Waals surface area contributed by atoms with Gasteiger partial charge in [-0.05, 0) is 39.2 Å². The lowest BCUT2D eigenvalue weighted by Crippen LogP contribution is -2.50. The second-order valence-electron chi connectivity index (χ2n) is 7.19. The van der Waals surface area contributed by atoms with E-state index in [-0.39, 0.29) is 18.2 Å². The van der Waals surface area contributed by atoms with E-state index >= 15 is 0 Å². The number of nitrogens with zero attached hydrogens (tertiary/aromatic N) is 1. The number of nitrogens with one attached hydrogen (secondary N) is 1. The van der Waals surface area contributed by atoms with Crippen LogP contribution in [0.15, 0.2) is 30.3 Å². The van der Waals surface area contributed by atoms with Gasteiger partial charge >= 0.3 is 6.09 Å². The van der Waals surface area contributed by atoms with E-state index in [1.165, 1.54) is 0 Å². The van der Waals surface area contributed by atoms with Crippen molar-refractivity contribution in [3.63, 3.8) is 0 Å². The molecule has 0 aromatic heterocycles. The van der Waals surface area contributed by atoms with Crippen molar-refractivity contribution in [2.45, 2.75) is 51.3 Å². The van der Waals surface area contributed by atoms with Crippen molar-refractivity contribution in [3.8, 4) is 0 Å². The summed E-state index contributed by atoms with van der Waals surface area (Å²) >= 11 is 0. The highest BCUT2D eigenvalue weighted by atomic mass is 16.6. The monoisotopic (exact) mass is 319 g/mol. The Morgan fingerprint density at radius 3 is 2.74 bits per heavy atom. The molecule has 5 nitrogen and oxygen atoms in total. The summed E-state index contributed by atoms with van der Waals surface area (Å²) in [6, 6.07) is 10.3. The molecule has 1 aromatic carbocycles. The maximum atomic E-state index is 12.2. The molecule has 0 unspecified atom stereocenters. The number of amides is 1. The van der Waals surface area contributed by atoms with Gasteiger partial charge in [0.1, 0.15) is 5.60 Å². The topological polar surface area (TPSA) is 67.6 Å². The molecule has 1 fully saturated rings. The number of carbonyl (C=O) groups excluding carboxylic acids is 1. The van der Waals surface area contributed by atoms with Crippen LogP contribution in [0.25, 0.3) is 0 Å². The molecule has 2 rings (SSSR count). The molecule has 5 heteroatoms. The first-order chi connectivity index (χ1) is 10.8. The van der Waals surface area contributed by atoms with E-state index in [0.717, 1.165) is 24.9 Å². The molecular weight excluding hydrogens is 290 g/mol. The third-order valence-electron chi connectivity index (χ3n) is 3.93. The Balaban J connectivity index is 1.81. The number of likely N-dealkylation sites (tertiary alicyclic amines) is 1. The summed E-state index contributed by atoms with van der Waals surface area (Å²) in [5.41, 5.74) is 6.90. The number of piperidine rings is 1. The molecule has 1 aromatic rings. The van der Waals surface area contributed by atoms with Gasteiger partial charge in [0, 0.05) is 31.7 Å². The number of ether oxygens (including phenoxy) is 1. The van der Waals surface area contributed by atoms with Gasteiger partial charge in [-0.2, -0.15) is 0 Å². The standard InChI is InChI=1S/C18H29N3O2/c1-18(2,3)23-17(22)21-11-7-10-15(13-21)20-12-16(19)14-8-5-4-6-9-14/h4-6,8-9,15-16,20H,7,10-13,19H2,1-3H3/t15-,16-/m0/s1. The second kappa shape index (κ2) is 7.79. The summed E-state index contributed by atoms with van der Waals surface area (Å²) in [5, 5.41) is 3.49. The molecule has 0 radical (unpaired) electrons. The van der Waals surface area contributed by atoms with Crippen molar-refractivity contribution in [2.24, 2.45) is 5.73 Å². The van der Waals surface area contributed by atoms with Crippen molar-refractivity contribution >= 4 is 6.09 Å². The molecule has 3 N–H and O–H groups in total. The lowest BCUT2D eigenvalue weighted by molar-refractivity contribution is 0.0187. The van der Waals surface area contributed by atoms with Crippen LogP contribution >= 0.6 is 0 Å². The fourth-order valence-electron chi connectivity index (χ4n) is 2.75. The van der Waals surface area contributed by atoms with E-state index < -0.39 is 5.60 Å². The fourth-order valence-corrected chi connectivity index (χ4v) is 2.75. The van der Waals surface area contributed by atoms with E-state index in [9.17, 15) is 4.79 Å². The number of hydrogen-bond acceptors (Lipinski definition) is 4. The first kappa shape index (κ1) is 17.8. The van der Waals surface area contributed by atoms with Crippen LogP contribution in [0.1, 0.15) is 45.2 Å². The number of nitrogens with two attached hydrogens (primary N) is 1. The first-order valence-corrected chi connectivity index (χ1v) is 8.37. The van der Waals surface area contributed by atoms with Crippen molar-refractivity contribution in [1.29, 1.82) is 0 Å². The van der Waals surface area contributed by atoms with Crippen LogP contribution in [-0.2, 0) is 4.74 Å². The minimum atomic E-state index is -0.451. The van der Waals surface area contributed by atoms with Crippen molar-refractivity contribution in [2.75, 3.05) is 19.6 Å². The first-order valence-electron chi connectivity index (χ1n) is 8.37. The van der Waals surface area contributed by atoms with Gasteiger partial charge in [-0.3, -0.25) is 0 Å². The third-order valence-corrected chi connectivity index (χ3v) is 3.93. The van der Waals surface area contributed by atoms with Crippen LogP contribution in [0, 0.1) is 0 Å². The van der Waals surface area contributed by atoms with Gasteiger partial charge in [0.25, 0.3) is 0 Å². The largest absolute Gasteiger partial charge is 0.444 e. The Morgan fingerprint density at radius 1 is 1.39 bits per heavy atom. The van der Waals surface area contributed by atoms with E-state index in [0.29, 0.717) is 13.1 Å². The molecule has 128 valence electrons. The molecule has 1 amide bonds. The Bertz CT molecular complexity index is 499. The van der Waals surface area contributed by atoms with Crippen LogP contribution in [0.3, 0.4) is 0 Å². The van der Waals surface area contributed by atoms with Gasteiger partial charge < -0.3 is 20.7 Å². The van der Waals surface area contributed by atoms with Gasteiger partial charge in [-0.25, -0.2) is 4.79 Å². The van der Waals surface area contributed by atoms with Crippen LogP contribution < -0.4 is 11.1 Å². The Hall–Kier alpha value is -1.59. The molecule has 0 spiro atoms. The number of hydrogen-bond donors (Lipinski definition) is 2. The van der Waals surface area contributed by atoms with E-state index in [1.807, 2.05) is 51.1 Å². The molecule has 0 saturated carbocycles. The molecule has 1 aliphatic heterocycles. The van der Waals surface area contributed by atoms with Crippen molar-refractivity contribution in [1.82, 2.24) is 10.2 Å². The normalized spacial score (nSPS) is 20.2. The summed E-state index contributed by atoms with van der Waals surface area (Å²) < 4.78 is 5.45. The Kier molecular flexibility index (Phi) is 6.02. The summed E-state index contributed by atoms with van der Waals surface area (Å²) in [5.74, 6) is 0. The van der Waals surface area contributed by atoms with Gasteiger partial charge in [-0.15, -0.1) is 0 Å². The van der Waals surface area contributed by atoms with Crippen molar-refractivity contribution < 1.29 is 9.53 Å². The molecule has 1 saturated heterocycles. The molecular formula is C18H29N3O2. The highest BCUT2D eigenvalue weighted by Gasteiger charge is 2.27. The highest BCUT2D eigenvalue weighted by Crippen LogP contribution is 2.16. The Morgan fingerprint density at radius 2 is 2.09 bits per heavy atom. The predicted molar refractivity (Wildman–Crippen MR) is 92.2 cm³/mol. The molecule has 23 heavy (non-hydrogen) atoms. The van der Waals surface area contributed by atoms with Crippen LogP contribution in [0.4, 0.5) is 4.79 Å². The average molecular weight is 319 g/mol. The van der Waals surface area contributed by atoms with Gasteiger partial charge in [-0.1, -0.05) is 30.3 Å². The minimum Gasteiger partial charge on any atom is -0.444 e. The minimum absolute atomic E-state index is 0.0342. The van der Waals surface area contributed by atoms with Crippen LogP contribution in [-0.4, -0.2) is 42.3 Å².